The Labute approximate surface area is 181 Å². The molecule has 2 aromatic carbocycles. The lowest BCUT2D eigenvalue weighted by Crippen LogP contribution is -2.39. The molecular weight excluding hydrogens is 394 g/mol. The zero-order valence-corrected chi connectivity index (χ0v) is 18.3. The van der Waals surface area contributed by atoms with E-state index < -0.39 is 0 Å². The molecule has 156 valence electrons. The number of amides is 1. The molecule has 1 aliphatic heterocycles. The van der Waals surface area contributed by atoms with Gasteiger partial charge in [-0.2, -0.15) is 4.68 Å². The van der Waals surface area contributed by atoms with Crippen LogP contribution >= 0.6 is 11.8 Å². The molecule has 1 amide bonds. The fourth-order valence-electron chi connectivity index (χ4n) is 4.01. The molecule has 30 heavy (non-hydrogen) atoms. The van der Waals surface area contributed by atoms with Crippen molar-refractivity contribution in [1.82, 2.24) is 25.1 Å². The molecule has 1 aliphatic rings. The third-order valence-electron chi connectivity index (χ3n) is 5.68. The first-order valence-corrected chi connectivity index (χ1v) is 11.4. The number of rotatable bonds is 6. The lowest BCUT2D eigenvalue weighted by molar-refractivity contribution is -0.129. The summed E-state index contributed by atoms with van der Waals surface area (Å²) in [5, 5.41) is 12.7. The second-order valence-corrected chi connectivity index (χ2v) is 8.91. The average Bonchev–Trinajstić information content (AvgIpc) is 3.21. The average molecular weight is 422 g/mol. The number of nitrogens with zero attached hydrogens (tertiary/aromatic N) is 5. The largest absolute Gasteiger partial charge is 0.342 e. The van der Waals surface area contributed by atoms with Gasteiger partial charge in [-0.05, 0) is 66.6 Å². The standard InChI is InChI=1S/C23H27N5OS/c1-17-8-9-21(18(2)14-17)28-23(24-25-26-28)30-16-22(29)27-12-10-20(11-13-27)15-19-6-4-3-5-7-19/h3-9,14,20H,10-13,15-16H2,1-2H3. The van der Waals surface area contributed by atoms with Crippen molar-refractivity contribution in [2.24, 2.45) is 5.92 Å². The molecule has 0 spiro atoms. The SMILES string of the molecule is Cc1ccc(-n2nnnc2SCC(=O)N2CCC(Cc3ccccc3)CC2)c(C)c1. The summed E-state index contributed by atoms with van der Waals surface area (Å²) in [6, 6.07) is 16.8. The highest BCUT2D eigenvalue weighted by Crippen LogP contribution is 2.24. The Morgan fingerprint density at radius 2 is 1.87 bits per heavy atom. The number of hydrogen-bond donors (Lipinski definition) is 0. The topological polar surface area (TPSA) is 63.9 Å². The number of hydrogen-bond acceptors (Lipinski definition) is 5. The van der Waals surface area contributed by atoms with Gasteiger partial charge < -0.3 is 4.90 Å². The van der Waals surface area contributed by atoms with Crippen LogP contribution in [-0.2, 0) is 11.2 Å². The number of carbonyl (C=O) groups excluding carboxylic acids is 1. The van der Waals surface area contributed by atoms with E-state index in [2.05, 4.69) is 58.8 Å². The first-order chi connectivity index (χ1) is 14.6. The van der Waals surface area contributed by atoms with Crippen molar-refractivity contribution in [1.29, 1.82) is 0 Å². The molecule has 6 nitrogen and oxygen atoms in total. The van der Waals surface area contributed by atoms with Crippen molar-refractivity contribution in [3.8, 4) is 5.69 Å². The first kappa shape index (κ1) is 20.6. The minimum Gasteiger partial charge on any atom is -0.342 e. The number of likely N-dealkylation sites (tertiary alicyclic amines) is 1. The molecule has 0 bridgehead atoms. The van der Waals surface area contributed by atoms with Crippen LogP contribution in [0.5, 0.6) is 0 Å². The fourth-order valence-corrected chi connectivity index (χ4v) is 4.80. The van der Waals surface area contributed by atoms with Gasteiger partial charge in [0.15, 0.2) is 0 Å². The molecule has 4 rings (SSSR count). The van der Waals surface area contributed by atoms with Crippen molar-refractivity contribution in [2.45, 2.75) is 38.3 Å². The van der Waals surface area contributed by atoms with Crippen molar-refractivity contribution >= 4 is 17.7 Å². The zero-order valence-electron chi connectivity index (χ0n) is 17.5. The van der Waals surface area contributed by atoms with Crippen LogP contribution in [0.15, 0.2) is 53.7 Å². The Hall–Kier alpha value is -2.67. The van der Waals surface area contributed by atoms with Crippen LogP contribution in [0.25, 0.3) is 5.69 Å². The zero-order chi connectivity index (χ0) is 20.9. The Bertz CT molecular complexity index is 996. The third kappa shape index (κ3) is 4.90. The Morgan fingerprint density at radius 1 is 1.10 bits per heavy atom. The second kappa shape index (κ2) is 9.43. The van der Waals surface area contributed by atoms with Crippen LogP contribution in [0.1, 0.15) is 29.5 Å². The monoisotopic (exact) mass is 421 g/mol. The first-order valence-electron chi connectivity index (χ1n) is 10.4. The molecule has 0 N–H and O–H groups in total. The van der Waals surface area contributed by atoms with E-state index in [-0.39, 0.29) is 5.91 Å². The number of tetrazole rings is 1. The van der Waals surface area contributed by atoms with Crippen LogP contribution in [-0.4, -0.2) is 49.9 Å². The fraction of sp³-hybridized carbons (Fsp3) is 0.391. The van der Waals surface area contributed by atoms with Crippen molar-refractivity contribution in [3.05, 3.63) is 65.2 Å². The molecule has 7 heteroatoms. The summed E-state index contributed by atoms with van der Waals surface area (Å²) in [5.41, 5.74) is 4.64. The van der Waals surface area contributed by atoms with E-state index in [1.807, 2.05) is 24.0 Å². The Morgan fingerprint density at radius 3 is 2.60 bits per heavy atom. The van der Waals surface area contributed by atoms with E-state index in [1.54, 1.807) is 4.68 Å². The number of aromatic nitrogens is 4. The van der Waals surface area contributed by atoms with Crippen LogP contribution in [0.2, 0.25) is 0 Å². The molecule has 1 saturated heterocycles. The van der Waals surface area contributed by atoms with Gasteiger partial charge in [-0.3, -0.25) is 4.79 Å². The van der Waals surface area contributed by atoms with Gasteiger partial charge in [0.25, 0.3) is 0 Å². The minimum atomic E-state index is 0.160. The highest BCUT2D eigenvalue weighted by atomic mass is 32.2. The number of benzene rings is 2. The van der Waals surface area contributed by atoms with Gasteiger partial charge in [-0.25, -0.2) is 0 Å². The number of carbonyl (C=O) groups is 1. The highest BCUT2D eigenvalue weighted by molar-refractivity contribution is 7.99. The maximum Gasteiger partial charge on any atom is 0.233 e. The maximum atomic E-state index is 12.7. The third-order valence-corrected chi connectivity index (χ3v) is 6.58. The molecule has 0 aliphatic carbocycles. The molecular formula is C23H27N5OS. The van der Waals surface area contributed by atoms with Gasteiger partial charge in [-0.15, -0.1) is 5.10 Å². The molecule has 0 atom stereocenters. The summed E-state index contributed by atoms with van der Waals surface area (Å²) in [4.78, 5) is 14.7. The van der Waals surface area contributed by atoms with Crippen molar-refractivity contribution in [3.63, 3.8) is 0 Å². The Kier molecular flexibility index (Phi) is 6.47. The van der Waals surface area contributed by atoms with Crippen molar-refractivity contribution < 1.29 is 4.79 Å². The van der Waals surface area contributed by atoms with Gasteiger partial charge in [0, 0.05) is 13.1 Å². The lowest BCUT2D eigenvalue weighted by Gasteiger charge is -2.32. The summed E-state index contributed by atoms with van der Waals surface area (Å²) in [5.74, 6) is 1.17. The van der Waals surface area contributed by atoms with Gasteiger partial charge in [0.05, 0.1) is 11.4 Å². The predicted octanol–water partition coefficient (Wildman–Crippen LogP) is 3.85. The summed E-state index contributed by atoms with van der Waals surface area (Å²) in [6.45, 7) is 5.77. The van der Waals surface area contributed by atoms with E-state index in [9.17, 15) is 4.79 Å². The summed E-state index contributed by atoms with van der Waals surface area (Å²) >= 11 is 1.40. The van der Waals surface area contributed by atoms with Crippen LogP contribution in [0.3, 0.4) is 0 Å². The molecule has 3 aromatic rings. The minimum absolute atomic E-state index is 0.160. The van der Waals surface area contributed by atoms with E-state index in [0.29, 0.717) is 16.8 Å². The van der Waals surface area contributed by atoms with E-state index in [0.717, 1.165) is 43.6 Å². The normalized spacial score (nSPS) is 14.8. The van der Waals surface area contributed by atoms with Crippen molar-refractivity contribution in [2.75, 3.05) is 18.8 Å². The van der Waals surface area contributed by atoms with Crippen LogP contribution in [0.4, 0.5) is 0 Å². The van der Waals surface area contributed by atoms with Crippen LogP contribution < -0.4 is 0 Å². The summed E-state index contributed by atoms with van der Waals surface area (Å²) < 4.78 is 1.72. The molecule has 1 aromatic heterocycles. The summed E-state index contributed by atoms with van der Waals surface area (Å²) in [7, 11) is 0. The van der Waals surface area contributed by atoms with Gasteiger partial charge in [0.1, 0.15) is 0 Å². The van der Waals surface area contributed by atoms with Crippen LogP contribution in [0, 0.1) is 19.8 Å². The number of aryl methyl sites for hydroxylation is 2. The smallest absolute Gasteiger partial charge is 0.233 e. The van der Waals surface area contributed by atoms with E-state index >= 15 is 0 Å². The number of piperidine rings is 1. The maximum absolute atomic E-state index is 12.7. The Balaban J connectivity index is 1.30. The molecule has 0 radical (unpaired) electrons. The molecule has 0 unspecified atom stereocenters. The van der Waals surface area contributed by atoms with Gasteiger partial charge in [-0.1, -0.05) is 59.8 Å². The quantitative estimate of drug-likeness (QED) is 0.566. The van der Waals surface area contributed by atoms with E-state index in [1.165, 1.54) is 22.9 Å². The lowest BCUT2D eigenvalue weighted by atomic mass is 9.90. The predicted molar refractivity (Wildman–Crippen MR) is 119 cm³/mol. The van der Waals surface area contributed by atoms with E-state index in [4.69, 9.17) is 0 Å². The second-order valence-electron chi connectivity index (χ2n) is 7.97. The number of thioether (sulfide) groups is 1. The molecule has 2 heterocycles. The molecule has 1 fully saturated rings. The summed E-state index contributed by atoms with van der Waals surface area (Å²) in [6.07, 6.45) is 3.22. The van der Waals surface area contributed by atoms with Gasteiger partial charge in [0.2, 0.25) is 11.1 Å². The molecule has 0 saturated carbocycles. The highest BCUT2D eigenvalue weighted by Gasteiger charge is 2.23. The van der Waals surface area contributed by atoms with Gasteiger partial charge >= 0.3 is 0 Å².